The Labute approximate surface area is 142 Å². The minimum Gasteiger partial charge on any atom is -0.495 e. The number of carbonyl (C=O) groups is 1. The normalized spacial score (nSPS) is 10.3. The molecule has 0 aliphatic heterocycles. The molecule has 2 rings (SSSR count). The fraction of sp³-hybridized carbons (Fsp3) is 0.133. The third kappa shape index (κ3) is 3.72. The summed E-state index contributed by atoms with van der Waals surface area (Å²) in [5.74, 6) is -0.137. The van der Waals surface area contributed by atoms with Gasteiger partial charge in [-0.3, -0.25) is 14.9 Å². The van der Waals surface area contributed by atoms with Gasteiger partial charge in [0.25, 0.3) is 11.6 Å². The molecule has 0 aliphatic rings. The van der Waals surface area contributed by atoms with Crippen LogP contribution in [-0.4, -0.2) is 17.9 Å². The second-order valence-electron chi connectivity index (χ2n) is 4.68. The van der Waals surface area contributed by atoms with Crippen LogP contribution < -0.4 is 10.1 Å². The largest absolute Gasteiger partial charge is 0.495 e. The Balaban J connectivity index is 2.35. The lowest BCUT2D eigenvalue weighted by molar-refractivity contribution is -0.384. The number of nitro groups is 1. The van der Waals surface area contributed by atoms with Crippen LogP contribution in [0.2, 0.25) is 10.0 Å². The predicted octanol–water partition coefficient (Wildman–Crippen LogP) is 4.47. The number of halogens is 2. The van der Waals surface area contributed by atoms with Gasteiger partial charge in [0.2, 0.25) is 0 Å². The molecule has 0 radical (unpaired) electrons. The van der Waals surface area contributed by atoms with Crippen molar-refractivity contribution in [1.82, 2.24) is 0 Å². The highest BCUT2D eigenvalue weighted by atomic mass is 35.5. The molecule has 23 heavy (non-hydrogen) atoms. The van der Waals surface area contributed by atoms with Gasteiger partial charge in [-0.2, -0.15) is 0 Å². The van der Waals surface area contributed by atoms with E-state index in [9.17, 15) is 14.9 Å². The third-order valence-electron chi connectivity index (χ3n) is 3.13. The number of rotatable bonds is 4. The maximum atomic E-state index is 12.3. The van der Waals surface area contributed by atoms with Crippen molar-refractivity contribution in [3.63, 3.8) is 0 Å². The molecule has 2 aromatic rings. The minimum absolute atomic E-state index is 0.0357. The van der Waals surface area contributed by atoms with E-state index in [4.69, 9.17) is 27.9 Å². The van der Waals surface area contributed by atoms with Crippen molar-refractivity contribution in [2.24, 2.45) is 0 Å². The highest BCUT2D eigenvalue weighted by Gasteiger charge is 2.17. The number of methoxy groups -OCH3 is 1. The maximum absolute atomic E-state index is 12.3. The number of amides is 1. The fourth-order valence-corrected chi connectivity index (χ4v) is 2.26. The van der Waals surface area contributed by atoms with Crippen molar-refractivity contribution in [3.05, 3.63) is 61.6 Å². The van der Waals surface area contributed by atoms with Gasteiger partial charge in [0.15, 0.2) is 0 Å². The van der Waals surface area contributed by atoms with Crippen LogP contribution in [0.3, 0.4) is 0 Å². The Hall–Kier alpha value is -2.31. The zero-order chi connectivity index (χ0) is 17.1. The lowest BCUT2D eigenvalue weighted by atomic mass is 10.1. The Morgan fingerprint density at radius 1 is 1.22 bits per heavy atom. The van der Waals surface area contributed by atoms with E-state index in [0.717, 1.165) is 11.6 Å². The molecule has 1 amide bonds. The average Bonchev–Trinajstić information content (AvgIpc) is 2.50. The summed E-state index contributed by atoms with van der Waals surface area (Å²) in [6, 6.07) is 7.06. The molecule has 120 valence electrons. The topological polar surface area (TPSA) is 81.5 Å². The number of carbonyl (C=O) groups excluding carboxylic acids is 1. The average molecular weight is 355 g/mol. The number of hydrogen-bond donors (Lipinski definition) is 1. The van der Waals surface area contributed by atoms with Crippen LogP contribution in [0, 0.1) is 17.0 Å². The van der Waals surface area contributed by atoms with E-state index in [1.165, 1.54) is 19.2 Å². The summed E-state index contributed by atoms with van der Waals surface area (Å²) in [6.45, 7) is 1.78. The Kier molecular flexibility index (Phi) is 5.08. The molecule has 1 N–H and O–H groups in total. The van der Waals surface area contributed by atoms with Gasteiger partial charge in [0.1, 0.15) is 10.8 Å². The van der Waals surface area contributed by atoms with Crippen molar-refractivity contribution in [2.45, 2.75) is 6.92 Å². The quantitative estimate of drug-likeness (QED) is 0.648. The minimum atomic E-state index is -0.647. The van der Waals surface area contributed by atoms with Gasteiger partial charge in [0.05, 0.1) is 17.7 Å². The molecule has 0 unspecified atom stereocenters. The van der Waals surface area contributed by atoms with Gasteiger partial charge in [-0.15, -0.1) is 0 Å². The lowest BCUT2D eigenvalue weighted by Gasteiger charge is -2.12. The molecule has 6 nitrogen and oxygen atoms in total. The smallest absolute Gasteiger partial charge is 0.288 e. The van der Waals surface area contributed by atoms with Gasteiger partial charge in [-0.1, -0.05) is 23.2 Å². The van der Waals surface area contributed by atoms with Gasteiger partial charge in [-0.05, 0) is 30.7 Å². The van der Waals surface area contributed by atoms with Crippen LogP contribution in [0.4, 0.5) is 11.4 Å². The number of nitrogens with one attached hydrogen (secondary N) is 1. The molecule has 0 aromatic heterocycles. The highest BCUT2D eigenvalue weighted by Crippen LogP contribution is 2.32. The first-order chi connectivity index (χ1) is 10.8. The zero-order valence-corrected chi connectivity index (χ0v) is 13.7. The number of ether oxygens (including phenoxy) is 1. The summed E-state index contributed by atoms with van der Waals surface area (Å²) >= 11 is 11.7. The number of hydrogen-bond acceptors (Lipinski definition) is 4. The van der Waals surface area contributed by atoms with Gasteiger partial charge < -0.3 is 10.1 Å². The number of aryl methyl sites for hydroxylation is 1. The first-order valence-corrected chi connectivity index (χ1v) is 7.18. The summed E-state index contributed by atoms with van der Waals surface area (Å²) in [5, 5.41) is 14.0. The fourth-order valence-electron chi connectivity index (χ4n) is 1.92. The number of nitrogens with zero attached hydrogens (tertiary/aromatic N) is 1. The molecule has 0 saturated heterocycles. The van der Waals surface area contributed by atoms with Crippen LogP contribution in [0.5, 0.6) is 5.75 Å². The van der Waals surface area contributed by atoms with Gasteiger partial charge in [0, 0.05) is 22.7 Å². The molecule has 0 bridgehead atoms. The van der Waals surface area contributed by atoms with Crippen molar-refractivity contribution in [1.29, 1.82) is 0 Å². The lowest BCUT2D eigenvalue weighted by Crippen LogP contribution is -2.13. The van der Waals surface area contributed by atoms with Crippen molar-refractivity contribution in [2.75, 3.05) is 12.4 Å². The standard InChI is InChI=1S/C15H12Cl2N2O4/c1-8-5-12(14(23-2)7-11(8)17)18-15(20)9-3-4-10(16)13(6-9)19(21)22/h3-7H,1-2H3,(H,18,20). The second kappa shape index (κ2) is 6.85. The van der Waals surface area contributed by atoms with Crippen LogP contribution in [0.15, 0.2) is 30.3 Å². The molecule has 0 heterocycles. The number of benzene rings is 2. The van der Waals surface area contributed by atoms with Crippen LogP contribution in [0.25, 0.3) is 0 Å². The molecule has 0 atom stereocenters. The first-order valence-electron chi connectivity index (χ1n) is 6.43. The highest BCUT2D eigenvalue weighted by molar-refractivity contribution is 6.33. The third-order valence-corrected chi connectivity index (χ3v) is 3.86. The van der Waals surface area contributed by atoms with Crippen molar-refractivity contribution in [3.8, 4) is 5.75 Å². The Morgan fingerprint density at radius 3 is 2.52 bits per heavy atom. The molecular formula is C15H12Cl2N2O4. The van der Waals surface area contributed by atoms with E-state index in [1.807, 2.05) is 0 Å². The van der Waals surface area contributed by atoms with E-state index in [0.29, 0.717) is 16.5 Å². The summed E-state index contributed by atoms with van der Waals surface area (Å²) in [7, 11) is 1.45. The van der Waals surface area contributed by atoms with Gasteiger partial charge in [-0.25, -0.2) is 0 Å². The molecule has 0 spiro atoms. The maximum Gasteiger partial charge on any atom is 0.288 e. The molecule has 8 heteroatoms. The Morgan fingerprint density at radius 2 is 1.91 bits per heavy atom. The number of anilines is 1. The second-order valence-corrected chi connectivity index (χ2v) is 5.49. The van der Waals surface area contributed by atoms with Crippen LogP contribution >= 0.6 is 23.2 Å². The molecule has 0 fully saturated rings. The van der Waals surface area contributed by atoms with Crippen molar-refractivity contribution >= 4 is 40.5 Å². The Bertz CT molecular complexity index is 793. The molecular weight excluding hydrogens is 343 g/mol. The van der Waals surface area contributed by atoms with E-state index >= 15 is 0 Å². The molecule has 0 saturated carbocycles. The summed E-state index contributed by atoms with van der Waals surface area (Å²) in [5.41, 5.74) is 0.941. The zero-order valence-electron chi connectivity index (χ0n) is 12.2. The first kappa shape index (κ1) is 17.1. The van der Waals surface area contributed by atoms with Crippen molar-refractivity contribution < 1.29 is 14.5 Å². The monoisotopic (exact) mass is 354 g/mol. The molecule has 0 aliphatic carbocycles. The summed E-state index contributed by atoms with van der Waals surface area (Å²) in [4.78, 5) is 22.5. The van der Waals surface area contributed by atoms with E-state index in [2.05, 4.69) is 5.32 Å². The van der Waals surface area contributed by atoms with Crippen LogP contribution in [-0.2, 0) is 0 Å². The SMILES string of the molecule is COc1cc(Cl)c(C)cc1NC(=O)c1ccc(Cl)c([N+](=O)[O-])c1. The van der Waals surface area contributed by atoms with Gasteiger partial charge >= 0.3 is 0 Å². The van der Waals surface area contributed by atoms with E-state index in [-0.39, 0.29) is 16.3 Å². The number of nitro benzene ring substituents is 1. The van der Waals surface area contributed by atoms with E-state index < -0.39 is 10.8 Å². The summed E-state index contributed by atoms with van der Waals surface area (Å²) < 4.78 is 5.17. The summed E-state index contributed by atoms with van der Waals surface area (Å²) in [6.07, 6.45) is 0. The molecule has 2 aromatic carbocycles. The van der Waals surface area contributed by atoms with Crippen LogP contribution in [0.1, 0.15) is 15.9 Å². The van der Waals surface area contributed by atoms with E-state index in [1.54, 1.807) is 19.1 Å². The predicted molar refractivity (Wildman–Crippen MR) is 88.8 cm³/mol.